The summed E-state index contributed by atoms with van der Waals surface area (Å²) in [5, 5.41) is 78.4. The van der Waals surface area contributed by atoms with Crippen molar-refractivity contribution < 1.29 is 59.5 Å². The highest BCUT2D eigenvalue weighted by Crippen LogP contribution is 2.43. The molecule has 0 spiro atoms. The Labute approximate surface area is 188 Å². The molecule has 1 aromatic heterocycles. The molecule has 0 radical (unpaired) electrons. The van der Waals surface area contributed by atoms with E-state index in [1.54, 1.807) is 0 Å². The molecule has 2 aromatic carbocycles. The Morgan fingerprint density at radius 3 is 2.24 bits per heavy atom. The van der Waals surface area contributed by atoms with Crippen molar-refractivity contribution in [2.45, 2.75) is 30.7 Å². The highest BCUT2D eigenvalue weighted by Gasteiger charge is 2.48. The fraction of sp³-hybridized carbons (Fsp3) is 0.238. The van der Waals surface area contributed by atoms with Crippen molar-refractivity contribution in [2.24, 2.45) is 0 Å². The van der Waals surface area contributed by atoms with Crippen molar-refractivity contribution in [1.82, 2.24) is 0 Å². The number of aliphatic hydroxyl groups excluding tert-OH is 3. The van der Waals surface area contributed by atoms with Gasteiger partial charge in [0.1, 0.15) is 35.0 Å². The second-order valence-electron chi connectivity index (χ2n) is 7.48. The molecule has 1 aliphatic heterocycles. The molecule has 1 fully saturated rings. The van der Waals surface area contributed by atoms with Crippen LogP contribution >= 0.6 is 0 Å². The number of aliphatic hydroxyl groups is 3. The van der Waals surface area contributed by atoms with E-state index in [0.29, 0.717) is 0 Å². The number of ether oxygens (including phenoxy) is 2. The monoisotopic (exact) mass is 478 g/mol. The number of carbonyl (C=O) groups is 1. The first-order chi connectivity index (χ1) is 16.0. The predicted molar refractivity (Wildman–Crippen MR) is 110 cm³/mol. The average Bonchev–Trinajstić information content (AvgIpc) is 2.77. The number of phenols is 4. The number of aliphatic carboxylic acids is 1. The standard InChI is InChI=1S/C21H18O13/c22-7-2-1-6(3-8(7)23)11-4-9(24)13-12(32-11)5-10(25)18(14(13)26)33-21-17(29)15(27)16(28)19(34-21)20(30)31/h1-5,15-17,19,21-23,25-29H,(H,30,31)/t15-,16-,17?,19?,21+/m0/s1. The zero-order chi connectivity index (χ0) is 24.9. The van der Waals surface area contributed by atoms with E-state index < -0.39 is 76.2 Å². The third kappa shape index (κ3) is 3.82. The van der Waals surface area contributed by atoms with E-state index in [1.807, 2.05) is 0 Å². The molecule has 3 aromatic rings. The first-order valence-electron chi connectivity index (χ1n) is 9.64. The van der Waals surface area contributed by atoms with Crippen LogP contribution in [0.15, 0.2) is 39.5 Å². The Hall–Kier alpha value is -4.04. The number of carboxylic acid groups (broad SMARTS) is 1. The van der Waals surface area contributed by atoms with Crippen LogP contribution in [0.4, 0.5) is 0 Å². The Morgan fingerprint density at radius 2 is 1.59 bits per heavy atom. The summed E-state index contributed by atoms with van der Waals surface area (Å²) in [6.45, 7) is 0. The number of carboxylic acids is 1. The van der Waals surface area contributed by atoms with Crippen LogP contribution in [0, 0.1) is 0 Å². The van der Waals surface area contributed by atoms with Gasteiger partial charge < -0.3 is 54.7 Å². The summed E-state index contributed by atoms with van der Waals surface area (Å²) in [5.41, 5.74) is -0.920. The Morgan fingerprint density at radius 1 is 0.882 bits per heavy atom. The van der Waals surface area contributed by atoms with Gasteiger partial charge in [0, 0.05) is 17.7 Å². The highest BCUT2D eigenvalue weighted by atomic mass is 16.7. The Kier molecular flexibility index (Phi) is 5.70. The summed E-state index contributed by atoms with van der Waals surface area (Å²) in [5.74, 6) is -5.16. The highest BCUT2D eigenvalue weighted by molar-refractivity contribution is 5.89. The lowest BCUT2D eigenvalue weighted by Gasteiger charge is -2.38. The SMILES string of the molecule is O=C(O)C1O[C@@H](Oc2c(O)cc3oc(-c4ccc(O)c(O)c4)cc(=O)c3c2O)C(O)[C@@H](O)[C@@H]1O. The first-order valence-corrected chi connectivity index (χ1v) is 9.64. The van der Waals surface area contributed by atoms with Crippen LogP contribution in [0.1, 0.15) is 0 Å². The summed E-state index contributed by atoms with van der Waals surface area (Å²) < 4.78 is 15.7. The minimum absolute atomic E-state index is 0.0762. The molecule has 0 aliphatic carbocycles. The molecular formula is C21H18O13. The Balaban J connectivity index is 1.75. The van der Waals surface area contributed by atoms with Crippen LogP contribution < -0.4 is 10.2 Å². The maximum atomic E-state index is 12.7. The fourth-order valence-corrected chi connectivity index (χ4v) is 3.47. The summed E-state index contributed by atoms with van der Waals surface area (Å²) in [6, 6.07) is 5.48. The molecular weight excluding hydrogens is 460 g/mol. The van der Waals surface area contributed by atoms with Gasteiger partial charge in [-0.1, -0.05) is 0 Å². The summed E-state index contributed by atoms with van der Waals surface area (Å²) in [7, 11) is 0. The summed E-state index contributed by atoms with van der Waals surface area (Å²) in [6.07, 6.45) is -9.93. The van der Waals surface area contributed by atoms with Crippen molar-refractivity contribution in [3.63, 3.8) is 0 Å². The minimum atomic E-state index is -2.00. The van der Waals surface area contributed by atoms with Crippen molar-refractivity contribution in [1.29, 1.82) is 0 Å². The first kappa shape index (κ1) is 23.1. The van der Waals surface area contributed by atoms with Crippen molar-refractivity contribution in [3.8, 4) is 40.1 Å². The Bertz CT molecular complexity index is 1330. The quantitative estimate of drug-likeness (QED) is 0.223. The average molecular weight is 478 g/mol. The van der Waals surface area contributed by atoms with Gasteiger partial charge in [0.25, 0.3) is 0 Å². The van der Waals surface area contributed by atoms with Crippen molar-refractivity contribution in [2.75, 3.05) is 0 Å². The van der Waals surface area contributed by atoms with Crippen molar-refractivity contribution in [3.05, 3.63) is 40.6 Å². The van der Waals surface area contributed by atoms with E-state index >= 15 is 0 Å². The lowest BCUT2D eigenvalue weighted by Crippen LogP contribution is -2.61. The summed E-state index contributed by atoms with van der Waals surface area (Å²) in [4.78, 5) is 23.9. The number of aromatic hydroxyl groups is 4. The minimum Gasteiger partial charge on any atom is -0.504 e. The number of rotatable bonds is 4. The molecule has 1 aliphatic rings. The number of phenolic OH excluding ortho intramolecular Hbond substituents is 4. The van der Waals surface area contributed by atoms with Crippen molar-refractivity contribution >= 4 is 16.9 Å². The fourth-order valence-electron chi connectivity index (χ4n) is 3.47. The largest absolute Gasteiger partial charge is 0.504 e. The van der Waals surface area contributed by atoms with E-state index in [2.05, 4.69) is 0 Å². The molecule has 2 heterocycles. The van der Waals surface area contributed by atoms with Gasteiger partial charge in [0.2, 0.25) is 12.0 Å². The predicted octanol–water partition coefficient (Wildman–Crippen LogP) is -0.447. The van der Waals surface area contributed by atoms with E-state index in [0.717, 1.165) is 24.3 Å². The number of hydrogen-bond donors (Lipinski definition) is 8. The number of fused-ring (bicyclic) bond motifs is 1. The van der Waals surface area contributed by atoms with Gasteiger partial charge in [-0.3, -0.25) is 4.79 Å². The van der Waals surface area contributed by atoms with Gasteiger partial charge in [-0.05, 0) is 18.2 Å². The molecule has 8 N–H and O–H groups in total. The zero-order valence-corrected chi connectivity index (χ0v) is 16.9. The van der Waals surface area contributed by atoms with Gasteiger partial charge in [-0.25, -0.2) is 4.79 Å². The maximum Gasteiger partial charge on any atom is 0.335 e. The lowest BCUT2D eigenvalue weighted by molar-refractivity contribution is -0.271. The zero-order valence-electron chi connectivity index (χ0n) is 16.9. The smallest absolute Gasteiger partial charge is 0.335 e. The van der Waals surface area contributed by atoms with Crippen LogP contribution in [-0.2, 0) is 9.53 Å². The molecule has 180 valence electrons. The van der Waals surface area contributed by atoms with Gasteiger partial charge in [-0.15, -0.1) is 0 Å². The van der Waals surface area contributed by atoms with Crippen LogP contribution in [0.2, 0.25) is 0 Å². The van der Waals surface area contributed by atoms with E-state index in [4.69, 9.17) is 19.0 Å². The van der Waals surface area contributed by atoms with Gasteiger partial charge in [-0.2, -0.15) is 0 Å². The molecule has 0 saturated carbocycles. The lowest BCUT2D eigenvalue weighted by atomic mass is 9.99. The third-order valence-corrected chi connectivity index (χ3v) is 5.23. The van der Waals surface area contributed by atoms with Crippen LogP contribution in [-0.4, -0.2) is 77.5 Å². The second kappa shape index (κ2) is 8.39. The second-order valence-corrected chi connectivity index (χ2v) is 7.48. The van der Waals surface area contributed by atoms with Gasteiger partial charge >= 0.3 is 5.97 Å². The van der Waals surface area contributed by atoms with Crippen LogP contribution in [0.5, 0.6) is 28.7 Å². The summed E-state index contributed by atoms with van der Waals surface area (Å²) >= 11 is 0. The molecule has 34 heavy (non-hydrogen) atoms. The normalized spacial score (nSPS) is 24.7. The van der Waals surface area contributed by atoms with E-state index in [1.165, 1.54) is 6.07 Å². The molecule has 13 nitrogen and oxygen atoms in total. The van der Waals surface area contributed by atoms with E-state index in [9.17, 15) is 45.3 Å². The molecule has 4 rings (SSSR count). The molecule has 2 unspecified atom stereocenters. The molecule has 5 atom stereocenters. The third-order valence-electron chi connectivity index (χ3n) is 5.23. The molecule has 1 saturated heterocycles. The molecule has 0 amide bonds. The number of hydrogen-bond acceptors (Lipinski definition) is 12. The van der Waals surface area contributed by atoms with Crippen LogP contribution in [0.25, 0.3) is 22.3 Å². The molecule has 0 bridgehead atoms. The van der Waals surface area contributed by atoms with Gasteiger partial charge in [0.05, 0.1) is 0 Å². The van der Waals surface area contributed by atoms with E-state index in [-0.39, 0.29) is 16.9 Å². The number of benzene rings is 2. The molecule has 13 heteroatoms. The maximum absolute atomic E-state index is 12.7. The topological polar surface area (TPSA) is 228 Å². The van der Waals surface area contributed by atoms with Gasteiger partial charge in [0.15, 0.2) is 34.5 Å². The van der Waals surface area contributed by atoms with Crippen LogP contribution in [0.3, 0.4) is 0 Å².